The van der Waals surface area contributed by atoms with Gasteiger partial charge in [-0.3, -0.25) is 0 Å². The van der Waals surface area contributed by atoms with Crippen molar-refractivity contribution in [2.75, 3.05) is 7.05 Å². The Bertz CT molecular complexity index is 153. The SMILES string of the molecule is C=C/C(=C(/C)S)C(CC)NC. The Morgan fingerprint density at radius 2 is 2.27 bits per heavy atom. The van der Waals surface area contributed by atoms with Crippen molar-refractivity contribution in [3.05, 3.63) is 23.1 Å². The van der Waals surface area contributed by atoms with E-state index in [1.165, 1.54) is 5.57 Å². The summed E-state index contributed by atoms with van der Waals surface area (Å²) in [5.41, 5.74) is 1.19. The molecule has 0 heterocycles. The van der Waals surface area contributed by atoms with Gasteiger partial charge in [-0.2, -0.15) is 0 Å². The van der Waals surface area contributed by atoms with E-state index < -0.39 is 0 Å². The molecule has 2 heteroatoms. The lowest BCUT2D eigenvalue weighted by Gasteiger charge is -2.16. The van der Waals surface area contributed by atoms with Crippen LogP contribution in [0.15, 0.2) is 23.1 Å². The minimum Gasteiger partial charge on any atom is -0.313 e. The monoisotopic (exact) mass is 171 g/mol. The van der Waals surface area contributed by atoms with Crippen molar-refractivity contribution in [1.82, 2.24) is 5.32 Å². The van der Waals surface area contributed by atoms with Crippen molar-refractivity contribution in [2.45, 2.75) is 26.3 Å². The summed E-state index contributed by atoms with van der Waals surface area (Å²) in [7, 11) is 1.95. The predicted octanol–water partition coefficient (Wildman–Crippen LogP) is 2.37. The van der Waals surface area contributed by atoms with Crippen LogP contribution in [0.3, 0.4) is 0 Å². The molecule has 0 bridgehead atoms. The molecular formula is C9H17NS. The summed E-state index contributed by atoms with van der Waals surface area (Å²) in [4.78, 5) is 1.04. The molecule has 0 fully saturated rings. The number of hydrogen-bond acceptors (Lipinski definition) is 2. The molecule has 64 valence electrons. The van der Waals surface area contributed by atoms with Gasteiger partial charge in [-0.1, -0.05) is 19.6 Å². The molecular weight excluding hydrogens is 154 g/mol. The van der Waals surface area contributed by atoms with E-state index in [1.807, 2.05) is 20.0 Å². The molecule has 0 radical (unpaired) electrons. The van der Waals surface area contributed by atoms with Crippen molar-refractivity contribution < 1.29 is 0 Å². The van der Waals surface area contributed by atoms with Gasteiger partial charge in [-0.15, -0.1) is 12.6 Å². The first-order valence-corrected chi connectivity index (χ1v) is 4.31. The minimum atomic E-state index is 0.394. The molecule has 0 rings (SSSR count). The summed E-state index contributed by atoms with van der Waals surface area (Å²) in [5, 5.41) is 3.21. The van der Waals surface area contributed by atoms with Crippen LogP contribution in [0.4, 0.5) is 0 Å². The minimum absolute atomic E-state index is 0.394. The second-order valence-electron chi connectivity index (χ2n) is 2.49. The molecule has 1 nitrogen and oxygen atoms in total. The molecule has 0 aliphatic carbocycles. The van der Waals surface area contributed by atoms with Crippen LogP contribution in [0, 0.1) is 0 Å². The zero-order valence-corrected chi connectivity index (χ0v) is 8.41. The first-order chi connectivity index (χ1) is 5.17. The fraction of sp³-hybridized carbons (Fsp3) is 0.556. The van der Waals surface area contributed by atoms with E-state index in [4.69, 9.17) is 0 Å². The largest absolute Gasteiger partial charge is 0.313 e. The summed E-state index contributed by atoms with van der Waals surface area (Å²) < 4.78 is 0. The molecule has 11 heavy (non-hydrogen) atoms. The maximum absolute atomic E-state index is 4.29. The van der Waals surface area contributed by atoms with E-state index in [0.29, 0.717) is 6.04 Å². The quantitative estimate of drug-likeness (QED) is 0.489. The fourth-order valence-electron chi connectivity index (χ4n) is 1.12. The first kappa shape index (κ1) is 10.8. The molecule has 0 saturated heterocycles. The highest BCUT2D eigenvalue weighted by Gasteiger charge is 2.07. The Morgan fingerprint density at radius 1 is 1.73 bits per heavy atom. The zero-order chi connectivity index (χ0) is 8.85. The molecule has 0 aromatic heterocycles. The van der Waals surface area contributed by atoms with E-state index >= 15 is 0 Å². The topological polar surface area (TPSA) is 12.0 Å². The van der Waals surface area contributed by atoms with Crippen LogP contribution in [0.1, 0.15) is 20.3 Å². The van der Waals surface area contributed by atoms with Gasteiger partial charge in [0.1, 0.15) is 0 Å². The summed E-state index contributed by atoms with van der Waals surface area (Å²) in [5.74, 6) is 0. The second kappa shape index (κ2) is 5.44. The second-order valence-corrected chi connectivity index (χ2v) is 3.17. The molecule has 1 N–H and O–H groups in total. The van der Waals surface area contributed by atoms with Gasteiger partial charge in [0.25, 0.3) is 0 Å². The van der Waals surface area contributed by atoms with Gasteiger partial charge >= 0.3 is 0 Å². The van der Waals surface area contributed by atoms with Gasteiger partial charge in [0, 0.05) is 6.04 Å². The molecule has 0 aliphatic rings. The smallest absolute Gasteiger partial charge is 0.0322 e. The van der Waals surface area contributed by atoms with E-state index in [9.17, 15) is 0 Å². The van der Waals surface area contributed by atoms with Crippen molar-refractivity contribution in [1.29, 1.82) is 0 Å². The third-order valence-corrected chi connectivity index (χ3v) is 2.03. The Hall–Kier alpha value is -0.210. The number of thiol groups is 1. The number of allylic oxidation sites excluding steroid dienone is 1. The highest BCUT2D eigenvalue weighted by Crippen LogP contribution is 2.15. The molecule has 1 atom stereocenters. The summed E-state index contributed by atoms with van der Waals surface area (Å²) >= 11 is 4.29. The maximum atomic E-state index is 4.29. The standard InChI is InChI=1S/C9H17NS/c1-5-8(7(3)11)9(6-2)10-4/h5,9-11H,1,6H2,2-4H3/b8-7+. The number of likely N-dealkylation sites (N-methyl/N-ethyl adjacent to an activating group) is 1. The van der Waals surface area contributed by atoms with E-state index in [2.05, 4.69) is 31.4 Å². The Balaban J connectivity index is 4.48. The molecule has 0 aromatic rings. The third-order valence-electron chi connectivity index (χ3n) is 1.77. The Morgan fingerprint density at radius 3 is 2.36 bits per heavy atom. The third kappa shape index (κ3) is 3.12. The van der Waals surface area contributed by atoms with E-state index in [-0.39, 0.29) is 0 Å². The van der Waals surface area contributed by atoms with Crippen molar-refractivity contribution in [3.8, 4) is 0 Å². The van der Waals surface area contributed by atoms with E-state index in [0.717, 1.165) is 11.3 Å². The van der Waals surface area contributed by atoms with Crippen molar-refractivity contribution in [3.63, 3.8) is 0 Å². The van der Waals surface area contributed by atoms with Crippen LogP contribution in [-0.4, -0.2) is 13.1 Å². The molecule has 0 aliphatic heterocycles. The summed E-state index contributed by atoms with van der Waals surface area (Å²) in [6, 6.07) is 0.394. The number of rotatable bonds is 4. The highest BCUT2D eigenvalue weighted by molar-refractivity contribution is 7.84. The highest BCUT2D eigenvalue weighted by atomic mass is 32.1. The van der Waals surface area contributed by atoms with Crippen molar-refractivity contribution >= 4 is 12.6 Å². The van der Waals surface area contributed by atoms with Crippen LogP contribution in [0.2, 0.25) is 0 Å². The van der Waals surface area contributed by atoms with Crippen LogP contribution in [0.25, 0.3) is 0 Å². The summed E-state index contributed by atoms with van der Waals surface area (Å²) in [6.45, 7) is 7.88. The van der Waals surface area contributed by atoms with Crippen LogP contribution in [0.5, 0.6) is 0 Å². The van der Waals surface area contributed by atoms with Crippen LogP contribution < -0.4 is 5.32 Å². The Kier molecular flexibility index (Phi) is 5.34. The fourth-order valence-corrected chi connectivity index (χ4v) is 1.37. The molecule has 1 unspecified atom stereocenters. The predicted molar refractivity (Wildman–Crippen MR) is 55.0 cm³/mol. The van der Waals surface area contributed by atoms with Crippen LogP contribution in [-0.2, 0) is 0 Å². The molecule has 0 saturated carbocycles. The van der Waals surface area contributed by atoms with E-state index in [1.54, 1.807) is 0 Å². The lowest BCUT2D eigenvalue weighted by atomic mass is 10.1. The Labute approximate surface area is 75.0 Å². The first-order valence-electron chi connectivity index (χ1n) is 3.86. The number of nitrogens with one attached hydrogen (secondary N) is 1. The molecule has 0 spiro atoms. The van der Waals surface area contributed by atoms with Gasteiger partial charge in [0.15, 0.2) is 0 Å². The maximum Gasteiger partial charge on any atom is 0.0322 e. The van der Waals surface area contributed by atoms with Crippen molar-refractivity contribution in [2.24, 2.45) is 0 Å². The van der Waals surface area contributed by atoms with Gasteiger partial charge < -0.3 is 5.32 Å². The normalized spacial score (nSPS) is 15.6. The average molecular weight is 171 g/mol. The lowest BCUT2D eigenvalue weighted by Crippen LogP contribution is -2.26. The van der Waals surface area contributed by atoms with Gasteiger partial charge in [-0.25, -0.2) is 0 Å². The average Bonchev–Trinajstić information content (AvgIpc) is 1.99. The number of hydrogen-bond donors (Lipinski definition) is 2. The van der Waals surface area contributed by atoms with Crippen LogP contribution >= 0.6 is 12.6 Å². The van der Waals surface area contributed by atoms with Gasteiger partial charge in [0.2, 0.25) is 0 Å². The zero-order valence-electron chi connectivity index (χ0n) is 7.52. The molecule has 0 amide bonds. The lowest BCUT2D eigenvalue weighted by molar-refractivity contribution is 0.626. The van der Waals surface area contributed by atoms with Gasteiger partial charge in [-0.05, 0) is 30.9 Å². The van der Waals surface area contributed by atoms with Gasteiger partial charge in [0.05, 0.1) is 0 Å². The molecule has 0 aromatic carbocycles. The summed E-state index contributed by atoms with van der Waals surface area (Å²) in [6.07, 6.45) is 2.93.